The number of pyridine rings is 1. The van der Waals surface area contributed by atoms with Crippen molar-refractivity contribution in [3.05, 3.63) is 41.7 Å². The number of anilines is 1. The van der Waals surface area contributed by atoms with E-state index < -0.39 is 0 Å². The monoisotopic (exact) mass is 267 g/mol. The zero-order chi connectivity index (χ0) is 13.8. The average Bonchev–Trinajstić information content (AvgIpc) is 2.90. The van der Waals surface area contributed by atoms with Gasteiger partial charge in [-0.1, -0.05) is 0 Å². The van der Waals surface area contributed by atoms with Crippen LogP contribution in [0.25, 0.3) is 0 Å². The van der Waals surface area contributed by atoms with Gasteiger partial charge in [-0.05, 0) is 25.0 Å². The van der Waals surface area contributed by atoms with Crippen LogP contribution in [-0.4, -0.2) is 21.1 Å². The fourth-order valence-electron chi connectivity index (χ4n) is 2.49. The van der Waals surface area contributed by atoms with E-state index >= 15 is 0 Å². The summed E-state index contributed by atoms with van der Waals surface area (Å²) in [5.41, 5.74) is 2.53. The number of hydrogen-bond acceptors (Lipinski definition) is 4. The number of rotatable bonds is 4. The van der Waals surface area contributed by atoms with Gasteiger partial charge >= 0.3 is 0 Å². The van der Waals surface area contributed by atoms with Gasteiger partial charge in [-0.15, -0.1) is 0 Å². The lowest BCUT2D eigenvalue weighted by Gasteiger charge is -2.11. The third kappa shape index (κ3) is 2.80. The van der Waals surface area contributed by atoms with Gasteiger partial charge in [0.2, 0.25) is 0 Å². The van der Waals surface area contributed by atoms with Gasteiger partial charge in [-0.25, -0.2) is 9.97 Å². The van der Waals surface area contributed by atoms with Crippen molar-refractivity contribution in [3.8, 4) is 6.07 Å². The summed E-state index contributed by atoms with van der Waals surface area (Å²) in [6.07, 6.45) is 8.39. The molecule has 0 saturated heterocycles. The lowest BCUT2D eigenvalue weighted by Crippen LogP contribution is -2.08. The summed E-state index contributed by atoms with van der Waals surface area (Å²) in [6, 6.07) is 5.61. The summed E-state index contributed by atoms with van der Waals surface area (Å²) in [5.74, 6) is 1.23. The van der Waals surface area contributed by atoms with E-state index in [1.165, 1.54) is 18.7 Å². The molecule has 5 nitrogen and oxygen atoms in total. The van der Waals surface area contributed by atoms with Crippen LogP contribution in [0.4, 0.5) is 5.69 Å². The molecule has 3 heterocycles. The Morgan fingerprint density at radius 3 is 3.05 bits per heavy atom. The minimum atomic E-state index is 0.442. The lowest BCUT2D eigenvalue weighted by atomic mass is 10.2. The Kier molecular flexibility index (Phi) is 3.64. The Morgan fingerprint density at radius 1 is 1.35 bits per heavy atom. The molecule has 1 N–H and O–H groups in total. The number of aryl methyl sites for hydroxylation is 2. The molecule has 3 rings (SSSR count). The Balaban J connectivity index is 1.54. The van der Waals surface area contributed by atoms with Crippen molar-refractivity contribution in [2.45, 2.75) is 32.2 Å². The Labute approximate surface area is 118 Å². The topological polar surface area (TPSA) is 66.5 Å². The summed E-state index contributed by atoms with van der Waals surface area (Å²) in [7, 11) is 0. The molecule has 0 radical (unpaired) electrons. The highest BCUT2D eigenvalue weighted by Crippen LogP contribution is 2.15. The van der Waals surface area contributed by atoms with E-state index in [9.17, 15) is 0 Å². The molecule has 1 aliphatic rings. The third-order valence-electron chi connectivity index (χ3n) is 3.55. The summed E-state index contributed by atoms with van der Waals surface area (Å²) < 4.78 is 2.28. The maximum atomic E-state index is 8.69. The molecule has 0 aromatic carbocycles. The minimum absolute atomic E-state index is 0.442. The maximum Gasteiger partial charge on any atom is 0.140 e. The molecule has 0 fully saturated rings. The molecule has 0 amide bonds. The van der Waals surface area contributed by atoms with Crippen LogP contribution in [0, 0.1) is 11.3 Å². The van der Waals surface area contributed by atoms with Gasteiger partial charge in [0.05, 0.1) is 17.6 Å². The van der Waals surface area contributed by atoms with Crippen molar-refractivity contribution in [1.29, 1.82) is 5.26 Å². The number of imidazole rings is 1. The molecule has 2 aromatic heterocycles. The molecule has 0 unspecified atom stereocenters. The molecule has 1 aliphatic heterocycles. The quantitative estimate of drug-likeness (QED) is 0.921. The van der Waals surface area contributed by atoms with Gasteiger partial charge in [-0.3, -0.25) is 0 Å². The van der Waals surface area contributed by atoms with Crippen LogP contribution >= 0.6 is 0 Å². The number of nitrogens with zero attached hydrogens (tertiary/aromatic N) is 4. The molecule has 5 heteroatoms. The summed E-state index contributed by atoms with van der Waals surface area (Å²) >= 11 is 0. The number of hydrogen-bond donors (Lipinski definition) is 1. The van der Waals surface area contributed by atoms with Crippen LogP contribution in [0.1, 0.15) is 30.1 Å². The van der Waals surface area contributed by atoms with Gasteiger partial charge in [0.1, 0.15) is 17.6 Å². The van der Waals surface area contributed by atoms with E-state index in [2.05, 4.69) is 26.0 Å². The molecular weight excluding hydrogens is 250 g/mol. The van der Waals surface area contributed by atoms with Gasteiger partial charge < -0.3 is 9.88 Å². The van der Waals surface area contributed by atoms with E-state index in [1.54, 1.807) is 12.3 Å². The van der Waals surface area contributed by atoms with Crippen LogP contribution in [-0.2, 0) is 19.4 Å². The average molecular weight is 267 g/mol. The van der Waals surface area contributed by atoms with Crippen molar-refractivity contribution in [3.63, 3.8) is 0 Å². The molecule has 102 valence electrons. The maximum absolute atomic E-state index is 8.69. The van der Waals surface area contributed by atoms with Crippen LogP contribution < -0.4 is 5.32 Å². The predicted molar refractivity (Wildman–Crippen MR) is 76.3 cm³/mol. The SMILES string of the molecule is N#Cc1ccc(NCCc2cn3c(n2)CCCC3)cn1. The standard InChI is InChI=1S/C15H17N5/c16-9-12-4-5-13(10-18-12)17-7-6-14-11-20-8-2-1-3-15(20)19-14/h4-5,10-11,17H,1-3,6-8H2. The molecule has 0 aliphatic carbocycles. The van der Waals surface area contributed by atoms with Gasteiger partial charge in [0.15, 0.2) is 0 Å². The summed E-state index contributed by atoms with van der Waals surface area (Å²) in [5, 5.41) is 12.0. The van der Waals surface area contributed by atoms with Crippen molar-refractivity contribution in [2.75, 3.05) is 11.9 Å². The first-order valence-electron chi connectivity index (χ1n) is 7.00. The Morgan fingerprint density at radius 2 is 2.30 bits per heavy atom. The van der Waals surface area contributed by atoms with E-state index in [0.29, 0.717) is 5.69 Å². The first-order valence-corrected chi connectivity index (χ1v) is 7.00. The van der Waals surface area contributed by atoms with Crippen molar-refractivity contribution in [1.82, 2.24) is 14.5 Å². The summed E-state index contributed by atoms with van der Waals surface area (Å²) in [4.78, 5) is 8.71. The second kappa shape index (κ2) is 5.74. The largest absolute Gasteiger partial charge is 0.383 e. The highest BCUT2D eigenvalue weighted by molar-refractivity contribution is 5.42. The Bertz CT molecular complexity index is 597. The minimum Gasteiger partial charge on any atom is -0.383 e. The zero-order valence-electron chi connectivity index (χ0n) is 11.3. The molecular formula is C15H17N5. The number of nitrogens with one attached hydrogen (secondary N) is 1. The van der Waals surface area contributed by atoms with Crippen LogP contribution in [0.15, 0.2) is 24.5 Å². The van der Waals surface area contributed by atoms with Crippen molar-refractivity contribution < 1.29 is 0 Å². The Hall–Kier alpha value is -2.35. The number of aromatic nitrogens is 3. The zero-order valence-corrected chi connectivity index (χ0v) is 11.3. The van der Waals surface area contributed by atoms with Crippen LogP contribution in [0.3, 0.4) is 0 Å². The fourth-order valence-corrected chi connectivity index (χ4v) is 2.49. The molecule has 2 aromatic rings. The first-order chi connectivity index (χ1) is 9.85. The van der Waals surface area contributed by atoms with Crippen LogP contribution in [0.5, 0.6) is 0 Å². The van der Waals surface area contributed by atoms with Gasteiger partial charge in [0.25, 0.3) is 0 Å². The predicted octanol–water partition coefficient (Wildman–Crippen LogP) is 2.14. The van der Waals surface area contributed by atoms with Gasteiger partial charge in [0, 0.05) is 32.1 Å². The van der Waals surface area contributed by atoms with E-state index in [1.807, 2.05) is 12.1 Å². The first kappa shape index (κ1) is 12.7. The second-order valence-electron chi connectivity index (χ2n) is 5.02. The smallest absolute Gasteiger partial charge is 0.140 e. The molecule has 0 bridgehead atoms. The highest BCUT2D eigenvalue weighted by atomic mass is 15.1. The van der Waals surface area contributed by atoms with Crippen LogP contribution in [0.2, 0.25) is 0 Å². The van der Waals surface area contributed by atoms with Gasteiger partial charge in [-0.2, -0.15) is 5.26 Å². The van der Waals surface area contributed by atoms with Crippen molar-refractivity contribution in [2.24, 2.45) is 0 Å². The molecule has 20 heavy (non-hydrogen) atoms. The third-order valence-corrected chi connectivity index (χ3v) is 3.55. The van der Waals surface area contributed by atoms with Crippen molar-refractivity contribution >= 4 is 5.69 Å². The second-order valence-corrected chi connectivity index (χ2v) is 5.02. The lowest BCUT2D eigenvalue weighted by molar-refractivity contribution is 0.522. The van der Waals surface area contributed by atoms with E-state index in [4.69, 9.17) is 5.26 Å². The van der Waals surface area contributed by atoms with E-state index in [0.717, 1.165) is 37.3 Å². The highest BCUT2D eigenvalue weighted by Gasteiger charge is 2.11. The number of nitriles is 1. The van der Waals surface area contributed by atoms with E-state index in [-0.39, 0.29) is 0 Å². The molecule has 0 saturated carbocycles. The number of fused-ring (bicyclic) bond motifs is 1. The fraction of sp³-hybridized carbons (Fsp3) is 0.400. The molecule has 0 spiro atoms. The summed E-state index contributed by atoms with van der Waals surface area (Å²) in [6.45, 7) is 1.93. The molecule has 0 atom stereocenters. The normalized spacial score (nSPS) is 13.6.